The molecular formula is C45H55N11O10. The molecule has 21 heteroatoms. The molecule has 17 N–H and O–H groups in total. The number of unbranched alkanes of at least 4 members (excludes halogenated alkanes) is 1. The van der Waals surface area contributed by atoms with Gasteiger partial charge in [-0.3, -0.25) is 38.4 Å². The number of hydrogen-bond donors (Lipinski definition) is 13. The molecule has 0 saturated heterocycles. The number of phenols is 1. The van der Waals surface area contributed by atoms with Crippen LogP contribution in [-0.4, -0.2) is 110 Å². The average Bonchev–Trinajstić information content (AvgIpc) is 3.89. The molecule has 350 valence electrons. The molecule has 21 nitrogen and oxygen atoms in total. The minimum absolute atomic E-state index is 0.00992. The fraction of sp³-hybridized carbons (Fsp3) is 0.333. The van der Waals surface area contributed by atoms with E-state index in [2.05, 4.69) is 36.6 Å². The molecule has 0 bridgehead atoms. The topological polar surface area (TPSA) is 373 Å². The number of rotatable bonds is 25. The summed E-state index contributed by atoms with van der Waals surface area (Å²) in [6.45, 7) is 0.248. The van der Waals surface area contributed by atoms with Gasteiger partial charge in [0, 0.05) is 53.5 Å². The monoisotopic (exact) mass is 909 g/mol. The molecule has 3 aromatic carbocycles. The number of hydrogen-bond acceptors (Lipinski definition) is 11. The van der Waals surface area contributed by atoms with Crippen molar-refractivity contribution >= 4 is 69.1 Å². The number of phenolic OH excluding ortho intramolecular Hbond substituents is 1. The maximum Gasteiger partial charge on any atom is 0.305 e. The average molecular weight is 910 g/mol. The maximum atomic E-state index is 14.6. The number of carboxylic acid groups (broad SMARTS) is 1. The Morgan fingerprint density at radius 3 is 1.50 bits per heavy atom. The van der Waals surface area contributed by atoms with Crippen molar-refractivity contribution in [3.8, 4) is 5.75 Å². The summed E-state index contributed by atoms with van der Waals surface area (Å²) in [5.41, 5.74) is 25.6. The van der Waals surface area contributed by atoms with Crippen molar-refractivity contribution in [3.63, 3.8) is 0 Å². The lowest BCUT2D eigenvalue weighted by molar-refractivity contribution is -0.140. The third kappa shape index (κ3) is 13.9. The zero-order valence-corrected chi connectivity index (χ0v) is 35.9. The first-order chi connectivity index (χ1) is 31.5. The number of carboxylic acids is 1. The van der Waals surface area contributed by atoms with Gasteiger partial charge in [-0.05, 0) is 66.8 Å². The lowest BCUT2D eigenvalue weighted by Crippen LogP contribution is -2.60. The van der Waals surface area contributed by atoms with Crippen molar-refractivity contribution < 1.29 is 48.6 Å². The van der Waals surface area contributed by atoms with Gasteiger partial charge < -0.3 is 69.7 Å². The predicted molar refractivity (Wildman–Crippen MR) is 242 cm³/mol. The van der Waals surface area contributed by atoms with Gasteiger partial charge in [0.25, 0.3) is 0 Å². The number of fused-ring (bicyclic) bond motifs is 2. The second kappa shape index (κ2) is 23.2. The molecule has 7 amide bonds. The summed E-state index contributed by atoms with van der Waals surface area (Å²) in [5, 5.41) is 33.7. The second-order valence-electron chi connectivity index (χ2n) is 15.9. The van der Waals surface area contributed by atoms with E-state index in [1.165, 1.54) is 24.3 Å². The maximum absolute atomic E-state index is 14.6. The number of aromatic amines is 2. The van der Waals surface area contributed by atoms with Crippen LogP contribution in [0.2, 0.25) is 0 Å². The summed E-state index contributed by atoms with van der Waals surface area (Å²) in [4.78, 5) is 112. The van der Waals surface area contributed by atoms with Gasteiger partial charge in [-0.1, -0.05) is 48.5 Å². The summed E-state index contributed by atoms with van der Waals surface area (Å²) in [6, 6.07) is 11.6. The van der Waals surface area contributed by atoms with Crippen molar-refractivity contribution in [2.45, 2.75) is 87.6 Å². The lowest BCUT2D eigenvalue weighted by atomic mass is 10.00. The molecule has 0 aliphatic carbocycles. The quantitative estimate of drug-likeness (QED) is 0.0317. The van der Waals surface area contributed by atoms with E-state index in [1.807, 2.05) is 36.4 Å². The first-order valence-electron chi connectivity index (χ1n) is 21.2. The van der Waals surface area contributed by atoms with E-state index >= 15 is 0 Å². The predicted octanol–water partition coefficient (Wildman–Crippen LogP) is -0.902. The minimum atomic E-state index is -1.63. The number of nitrogens with two attached hydrogens (primary N) is 4. The number of carbonyl (C=O) groups is 8. The Morgan fingerprint density at radius 2 is 1.02 bits per heavy atom. The van der Waals surface area contributed by atoms with E-state index in [0.29, 0.717) is 29.5 Å². The van der Waals surface area contributed by atoms with E-state index < -0.39 is 96.4 Å². The Hall–Kier alpha value is -7.78. The zero-order chi connectivity index (χ0) is 47.9. The molecule has 6 atom stereocenters. The van der Waals surface area contributed by atoms with Crippen LogP contribution >= 0.6 is 0 Å². The largest absolute Gasteiger partial charge is 0.508 e. The molecule has 2 aromatic heterocycles. The van der Waals surface area contributed by atoms with Gasteiger partial charge in [-0.2, -0.15) is 0 Å². The van der Waals surface area contributed by atoms with E-state index in [1.54, 1.807) is 24.5 Å². The molecule has 2 heterocycles. The van der Waals surface area contributed by atoms with Crippen LogP contribution in [0.15, 0.2) is 85.2 Å². The fourth-order valence-corrected chi connectivity index (χ4v) is 7.37. The zero-order valence-electron chi connectivity index (χ0n) is 35.9. The summed E-state index contributed by atoms with van der Waals surface area (Å²) < 4.78 is 0. The van der Waals surface area contributed by atoms with Crippen LogP contribution in [-0.2, 0) is 57.6 Å². The van der Waals surface area contributed by atoms with Crippen LogP contribution in [0.25, 0.3) is 21.8 Å². The third-order valence-electron chi connectivity index (χ3n) is 10.8. The van der Waals surface area contributed by atoms with Crippen LogP contribution in [0.4, 0.5) is 0 Å². The standard InChI is InChI=1S/C45H55N11O10/c46-16-6-5-11-33(42(63)55-35(17-24-12-14-27(57)15-13-24)43(64)53-34(40(49)61)21-39(59)60)52-44(65)37(19-26-23-51-32-10-4-2-8-29(26)32)56-45(66)36(54-41(62)30(47)20-38(48)58)18-25-22-50-31-9-3-1-7-28(25)31/h1-4,7-10,12-15,22-23,30,33-37,50-51,57H,5-6,11,16-21,46-47H2,(H2,48,58)(H2,49,61)(H,52,65)(H,53,64)(H,54,62)(H,55,63)(H,56,66)(H,59,60)/t30-,33-,34-,35-,36-,37-/m0/s1. The highest BCUT2D eigenvalue weighted by Gasteiger charge is 2.34. The van der Waals surface area contributed by atoms with Crippen molar-refractivity contribution in [2.75, 3.05) is 6.54 Å². The van der Waals surface area contributed by atoms with E-state index in [9.17, 15) is 48.6 Å². The van der Waals surface area contributed by atoms with Gasteiger partial charge in [-0.25, -0.2) is 0 Å². The Kier molecular flexibility index (Phi) is 17.3. The highest BCUT2D eigenvalue weighted by molar-refractivity contribution is 5.98. The molecule has 0 radical (unpaired) electrons. The van der Waals surface area contributed by atoms with Gasteiger partial charge in [0.15, 0.2) is 0 Å². The number of aromatic hydroxyl groups is 1. The second-order valence-corrected chi connectivity index (χ2v) is 15.9. The Bertz CT molecular complexity index is 2540. The summed E-state index contributed by atoms with van der Waals surface area (Å²) >= 11 is 0. The van der Waals surface area contributed by atoms with E-state index in [4.69, 9.17) is 22.9 Å². The summed E-state index contributed by atoms with van der Waals surface area (Å²) in [7, 11) is 0. The highest BCUT2D eigenvalue weighted by atomic mass is 16.4. The number of primary amides is 2. The molecular weight excluding hydrogens is 855 g/mol. The smallest absolute Gasteiger partial charge is 0.305 e. The van der Waals surface area contributed by atoms with Crippen LogP contribution in [0.3, 0.4) is 0 Å². The molecule has 0 spiro atoms. The first-order valence-corrected chi connectivity index (χ1v) is 21.2. The number of amides is 7. The van der Waals surface area contributed by atoms with Crippen molar-refractivity contribution in [2.24, 2.45) is 22.9 Å². The lowest BCUT2D eigenvalue weighted by Gasteiger charge is -2.27. The van der Waals surface area contributed by atoms with Crippen molar-refractivity contribution in [3.05, 3.63) is 102 Å². The first kappa shape index (κ1) is 49.2. The molecule has 0 saturated carbocycles. The summed E-state index contributed by atoms with van der Waals surface area (Å²) in [6.07, 6.45) is 2.39. The normalized spacial score (nSPS) is 13.9. The number of aromatic nitrogens is 2. The molecule has 0 unspecified atom stereocenters. The number of nitrogens with one attached hydrogen (secondary N) is 7. The minimum Gasteiger partial charge on any atom is -0.508 e. The Labute approximate surface area is 378 Å². The number of H-pyrrole nitrogens is 2. The molecule has 5 aromatic rings. The molecule has 0 aliphatic heterocycles. The summed E-state index contributed by atoms with van der Waals surface area (Å²) in [5.74, 6) is -7.75. The van der Waals surface area contributed by atoms with Crippen LogP contribution in [0.5, 0.6) is 5.75 Å². The van der Waals surface area contributed by atoms with Crippen molar-refractivity contribution in [1.29, 1.82) is 0 Å². The number of benzene rings is 3. The number of aliphatic carboxylic acids is 1. The van der Waals surface area contributed by atoms with Gasteiger partial charge in [-0.15, -0.1) is 0 Å². The molecule has 0 fully saturated rings. The van der Waals surface area contributed by atoms with E-state index in [0.717, 1.165) is 21.8 Å². The number of carbonyl (C=O) groups excluding carboxylic acids is 7. The van der Waals surface area contributed by atoms with Gasteiger partial charge >= 0.3 is 5.97 Å². The SMILES string of the molecule is NCCCC[C@H](NC(=O)[C@H](Cc1c[nH]c2ccccc12)NC(=O)[C@H](Cc1c[nH]c2ccccc12)NC(=O)[C@@H](N)CC(N)=O)C(=O)N[C@@H](Cc1ccc(O)cc1)C(=O)N[C@@H](CC(=O)O)C(N)=O. The highest BCUT2D eigenvalue weighted by Crippen LogP contribution is 2.22. The van der Waals surface area contributed by atoms with Crippen LogP contribution < -0.4 is 49.5 Å². The van der Waals surface area contributed by atoms with Crippen molar-refractivity contribution in [1.82, 2.24) is 36.6 Å². The van der Waals surface area contributed by atoms with E-state index in [-0.39, 0.29) is 38.0 Å². The third-order valence-corrected chi connectivity index (χ3v) is 10.8. The molecule has 5 rings (SSSR count). The van der Waals surface area contributed by atoms with Gasteiger partial charge in [0.05, 0.1) is 18.9 Å². The molecule has 0 aliphatic rings. The van der Waals surface area contributed by atoms with Gasteiger partial charge in [0.1, 0.15) is 36.0 Å². The fourth-order valence-electron chi connectivity index (χ4n) is 7.37. The number of para-hydroxylation sites is 2. The van der Waals surface area contributed by atoms with Gasteiger partial charge in [0.2, 0.25) is 41.4 Å². The molecule has 66 heavy (non-hydrogen) atoms. The Morgan fingerprint density at radius 1 is 0.561 bits per heavy atom. The van der Waals surface area contributed by atoms with Crippen LogP contribution in [0, 0.1) is 0 Å². The Balaban J connectivity index is 1.46. The van der Waals surface area contributed by atoms with Crippen LogP contribution in [0.1, 0.15) is 48.8 Å².